The number of rotatable bonds is 2. The van der Waals surface area contributed by atoms with Gasteiger partial charge in [0.1, 0.15) is 24.4 Å². The minimum absolute atomic E-state index is 0.161. The van der Waals surface area contributed by atoms with Crippen molar-refractivity contribution in [1.82, 2.24) is 0 Å². The van der Waals surface area contributed by atoms with Gasteiger partial charge in [-0.3, -0.25) is 0 Å². The van der Waals surface area contributed by atoms with Crippen molar-refractivity contribution in [3.05, 3.63) is 0 Å². The first-order valence-corrected chi connectivity index (χ1v) is 16.4. The predicted octanol–water partition coefficient (Wildman–Crippen LogP) is 2.20. The largest absolute Gasteiger partial charge is 0.390 e. The molecule has 4 aliphatic carbocycles. The molecule has 0 aromatic heterocycles. The van der Waals surface area contributed by atoms with Gasteiger partial charge in [-0.25, -0.2) is 0 Å². The van der Waals surface area contributed by atoms with E-state index in [0.29, 0.717) is 36.0 Å². The van der Waals surface area contributed by atoms with Gasteiger partial charge in [0.05, 0.1) is 31.5 Å². The SMILES string of the molecule is C[C@H]1CC[C@@]2(OC1)O[C@H]1C[C@H]3[C@@H]4CC[C@@H]5C[C@H](O)[C@@H](O)[C@@H](O[C@@H]6OC[C@H](O)[C@@H](O)[C@H]6O)[C@]5(C)[C@H]4CC[C@]3(C)[C@H]1[C@@H]2C. The van der Waals surface area contributed by atoms with Gasteiger partial charge in [-0.2, -0.15) is 0 Å². The van der Waals surface area contributed by atoms with Crippen LogP contribution < -0.4 is 0 Å². The van der Waals surface area contributed by atoms with E-state index in [9.17, 15) is 25.5 Å². The average molecular weight is 581 g/mol. The Morgan fingerprint density at radius 1 is 0.780 bits per heavy atom. The molecule has 0 unspecified atom stereocenters. The highest BCUT2D eigenvalue weighted by Gasteiger charge is 2.70. The maximum atomic E-state index is 11.4. The molecule has 4 saturated carbocycles. The van der Waals surface area contributed by atoms with Gasteiger partial charge in [0.2, 0.25) is 0 Å². The van der Waals surface area contributed by atoms with Gasteiger partial charge in [-0.15, -0.1) is 0 Å². The Bertz CT molecular complexity index is 986. The topological polar surface area (TPSA) is 138 Å². The first kappa shape index (κ1) is 29.4. The second kappa shape index (κ2) is 10.1. The fourth-order valence-electron chi connectivity index (χ4n) is 11.6. The smallest absolute Gasteiger partial charge is 0.186 e. The summed E-state index contributed by atoms with van der Waals surface area (Å²) < 4.78 is 25.4. The quantitative estimate of drug-likeness (QED) is 0.333. The Labute approximate surface area is 243 Å². The summed E-state index contributed by atoms with van der Waals surface area (Å²) in [6.07, 6.45) is 0.0615. The summed E-state index contributed by atoms with van der Waals surface area (Å²) in [5.41, 5.74) is -0.266. The molecular formula is C32H52O9. The molecule has 0 amide bonds. The van der Waals surface area contributed by atoms with Gasteiger partial charge >= 0.3 is 0 Å². The van der Waals surface area contributed by atoms with Crippen LogP contribution in [0.25, 0.3) is 0 Å². The van der Waals surface area contributed by atoms with E-state index >= 15 is 0 Å². The summed E-state index contributed by atoms with van der Waals surface area (Å²) >= 11 is 0. The molecule has 18 atom stereocenters. The van der Waals surface area contributed by atoms with Crippen LogP contribution in [0.4, 0.5) is 0 Å². The third-order valence-corrected chi connectivity index (χ3v) is 13.8. The second-order valence-corrected chi connectivity index (χ2v) is 15.6. The number of aliphatic hydroxyl groups is 5. The molecule has 7 fully saturated rings. The van der Waals surface area contributed by atoms with E-state index in [4.69, 9.17) is 18.9 Å². The molecule has 0 aromatic rings. The van der Waals surface area contributed by atoms with Crippen molar-refractivity contribution in [2.45, 2.75) is 134 Å². The Balaban J connectivity index is 1.15. The fourth-order valence-corrected chi connectivity index (χ4v) is 11.6. The lowest BCUT2D eigenvalue weighted by molar-refractivity contribution is -0.328. The van der Waals surface area contributed by atoms with Crippen molar-refractivity contribution in [3.8, 4) is 0 Å². The molecule has 3 aliphatic heterocycles. The summed E-state index contributed by atoms with van der Waals surface area (Å²) in [5, 5.41) is 53.2. The molecule has 1 spiro atoms. The zero-order valence-electron chi connectivity index (χ0n) is 25.1. The number of hydrogen-bond donors (Lipinski definition) is 5. The van der Waals surface area contributed by atoms with Crippen molar-refractivity contribution in [2.24, 2.45) is 52.3 Å². The lowest BCUT2D eigenvalue weighted by Gasteiger charge is -2.64. The monoisotopic (exact) mass is 580 g/mol. The number of aliphatic hydroxyl groups excluding tert-OH is 5. The van der Waals surface area contributed by atoms with Crippen molar-refractivity contribution >= 4 is 0 Å². The third kappa shape index (κ3) is 4.13. The van der Waals surface area contributed by atoms with Gasteiger partial charge in [0.25, 0.3) is 0 Å². The molecule has 0 radical (unpaired) electrons. The van der Waals surface area contributed by atoms with E-state index in [1.54, 1.807) is 0 Å². The highest BCUT2D eigenvalue weighted by molar-refractivity contribution is 5.17. The van der Waals surface area contributed by atoms with Gasteiger partial charge < -0.3 is 44.5 Å². The minimum Gasteiger partial charge on any atom is -0.390 e. The van der Waals surface area contributed by atoms with Gasteiger partial charge in [-0.1, -0.05) is 27.7 Å². The van der Waals surface area contributed by atoms with Crippen molar-refractivity contribution in [3.63, 3.8) is 0 Å². The highest BCUT2D eigenvalue weighted by Crippen LogP contribution is 2.71. The van der Waals surface area contributed by atoms with Crippen LogP contribution in [0.5, 0.6) is 0 Å². The van der Waals surface area contributed by atoms with E-state index in [1.807, 2.05) is 0 Å². The minimum atomic E-state index is -1.44. The van der Waals surface area contributed by atoms with Gasteiger partial charge in [-0.05, 0) is 85.9 Å². The Kier molecular flexibility index (Phi) is 7.21. The summed E-state index contributed by atoms with van der Waals surface area (Å²) in [4.78, 5) is 0. The lowest BCUT2D eigenvalue weighted by atomic mass is 9.43. The molecule has 41 heavy (non-hydrogen) atoms. The average Bonchev–Trinajstić information content (AvgIpc) is 3.39. The normalized spacial score (nSPS) is 62.1. The molecular weight excluding hydrogens is 528 g/mol. The molecule has 9 heteroatoms. The molecule has 7 rings (SSSR count). The van der Waals surface area contributed by atoms with Crippen LogP contribution in [0, 0.1) is 52.3 Å². The second-order valence-electron chi connectivity index (χ2n) is 15.6. The predicted molar refractivity (Wildman–Crippen MR) is 147 cm³/mol. The molecule has 3 saturated heterocycles. The van der Waals surface area contributed by atoms with Crippen LogP contribution in [0.2, 0.25) is 0 Å². The third-order valence-electron chi connectivity index (χ3n) is 13.8. The van der Waals surface area contributed by atoms with E-state index in [2.05, 4.69) is 27.7 Å². The molecule has 3 heterocycles. The maximum absolute atomic E-state index is 11.4. The van der Waals surface area contributed by atoms with Gasteiger partial charge in [0, 0.05) is 17.8 Å². The zero-order chi connectivity index (χ0) is 29.1. The lowest BCUT2D eigenvalue weighted by Crippen LogP contribution is -2.66. The molecule has 5 N–H and O–H groups in total. The molecule has 0 bridgehead atoms. The first-order chi connectivity index (χ1) is 19.4. The first-order valence-electron chi connectivity index (χ1n) is 16.4. The van der Waals surface area contributed by atoms with Gasteiger partial charge in [0.15, 0.2) is 12.1 Å². The summed E-state index contributed by atoms with van der Waals surface area (Å²) in [6.45, 7) is 9.96. The van der Waals surface area contributed by atoms with Crippen LogP contribution >= 0.6 is 0 Å². The van der Waals surface area contributed by atoms with Crippen molar-refractivity contribution in [1.29, 1.82) is 0 Å². The van der Waals surface area contributed by atoms with E-state index < -0.39 is 54.1 Å². The Hall–Kier alpha value is -0.360. The number of ether oxygens (including phenoxy) is 4. The number of fused-ring (bicyclic) bond motifs is 7. The molecule has 234 valence electrons. The highest BCUT2D eigenvalue weighted by atomic mass is 16.7. The number of hydrogen-bond acceptors (Lipinski definition) is 9. The summed E-state index contributed by atoms with van der Waals surface area (Å²) in [6, 6.07) is 0. The van der Waals surface area contributed by atoms with Crippen LogP contribution in [0.15, 0.2) is 0 Å². The van der Waals surface area contributed by atoms with E-state index in [0.717, 1.165) is 51.6 Å². The van der Waals surface area contributed by atoms with Crippen LogP contribution in [-0.2, 0) is 18.9 Å². The van der Waals surface area contributed by atoms with Crippen LogP contribution in [0.3, 0.4) is 0 Å². The summed E-state index contributed by atoms with van der Waals surface area (Å²) in [5.74, 6) is 2.40. The van der Waals surface area contributed by atoms with Crippen molar-refractivity contribution < 1.29 is 44.5 Å². The zero-order valence-corrected chi connectivity index (χ0v) is 25.1. The van der Waals surface area contributed by atoms with E-state index in [-0.39, 0.29) is 30.0 Å². The van der Waals surface area contributed by atoms with Crippen molar-refractivity contribution in [2.75, 3.05) is 13.2 Å². The fraction of sp³-hybridized carbons (Fsp3) is 1.00. The van der Waals surface area contributed by atoms with Crippen LogP contribution in [0.1, 0.15) is 79.1 Å². The molecule has 7 aliphatic rings. The summed E-state index contributed by atoms with van der Waals surface area (Å²) in [7, 11) is 0. The van der Waals surface area contributed by atoms with Crippen LogP contribution in [-0.4, -0.2) is 93.6 Å². The molecule has 0 aromatic carbocycles. The van der Waals surface area contributed by atoms with E-state index in [1.165, 1.54) is 0 Å². The Morgan fingerprint density at radius 2 is 1.56 bits per heavy atom. The Morgan fingerprint density at radius 3 is 2.29 bits per heavy atom. The standard InChI is InChI=1S/C32H52O9/c1-15-7-10-32(39-13-15)16(2)24-23(41-32)12-20-18-6-5-17-11-21(33)26(36)28(31(17,4)19(18)8-9-30(20,24)3)40-29-27(37)25(35)22(34)14-38-29/h15-29,33-37H,5-14H2,1-4H3/t15-,16-,17+,18+,19-,20-,21-,22-,23-,24-,25+,26+,27+,28+,29-,30-,31-,32+/m0/s1. The maximum Gasteiger partial charge on any atom is 0.186 e. The molecule has 9 nitrogen and oxygen atoms in total.